The molecule has 0 spiro atoms. The van der Waals surface area contributed by atoms with Gasteiger partial charge in [-0.05, 0) is 42.8 Å². The summed E-state index contributed by atoms with van der Waals surface area (Å²) in [5.74, 6) is -3.91. The molecule has 0 atom stereocenters. The van der Waals surface area contributed by atoms with E-state index < -0.39 is 23.8 Å². The van der Waals surface area contributed by atoms with Gasteiger partial charge in [-0.25, -0.2) is 8.78 Å². The SMILES string of the molecule is N#Cc1cc(NC(=O)c2ccc(Cl)c(C(F)(F)CCCO)c2)ccc1Cl. The minimum Gasteiger partial charge on any atom is -0.396 e. The van der Waals surface area contributed by atoms with Crippen LogP contribution < -0.4 is 5.32 Å². The van der Waals surface area contributed by atoms with E-state index in [4.69, 9.17) is 33.6 Å². The lowest BCUT2D eigenvalue weighted by Gasteiger charge is -2.18. The molecule has 2 aromatic carbocycles. The van der Waals surface area contributed by atoms with Crippen LogP contribution in [0.2, 0.25) is 10.0 Å². The van der Waals surface area contributed by atoms with Crippen LogP contribution in [0.3, 0.4) is 0 Å². The number of nitrogens with zero attached hydrogens (tertiary/aromatic N) is 1. The lowest BCUT2D eigenvalue weighted by atomic mass is 10.0. The number of carbonyl (C=O) groups is 1. The van der Waals surface area contributed by atoms with E-state index in [1.807, 2.05) is 6.07 Å². The lowest BCUT2D eigenvalue weighted by molar-refractivity contribution is -0.0187. The van der Waals surface area contributed by atoms with Crippen molar-refractivity contribution in [2.45, 2.75) is 18.8 Å². The highest BCUT2D eigenvalue weighted by Gasteiger charge is 2.33. The summed E-state index contributed by atoms with van der Waals surface area (Å²) in [6, 6.07) is 9.78. The van der Waals surface area contributed by atoms with Crippen molar-refractivity contribution in [3.8, 4) is 6.07 Å². The van der Waals surface area contributed by atoms with Crippen molar-refractivity contribution in [2.75, 3.05) is 11.9 Å². The van der Waals surface area contributed by atoms with E-state index in [0.29, 0.717) is 5.69 Å². The molecule has 0 aliphatic rings. The maximum atomic E-state index is 14.2. The minimum atomic E-state index is -3.27. The summed E-state index contributed by atoms with van der Waals surface area (Å²) < 4.78 is 28.5. The number of benzene rings is 2. The zero-order valence-corrected chi connectivity index (χ0v) is 14.9. The highest BCUT2D eigenvalue weighted by Crippen LogP contribution is 2.37. The monoisotopic (exact) mass is 398 g/mol. The van der Waals surface area contributed by atoms with Gasteiger partial charge in [-0.15, -0.1) is 0 Å². The van der Waals surface area contributed by atoms with E-state index in [1.165, 1.54) is 30.3 Å². The first-order valence-electron chi connectivity index (χ1n) is 7.58. The van der Waals surface area contributed by atoms with Crippen molar-refractivity contribution in [2.24, 2.45) is 0 Å². The summed E-state index contributed by atoms with van der Waals surface area (Å²) in [6.07, 6.45) is -0.682. The predicted molar refractivity (Wildman–Crippen MR) is 95.8 cm³/mol. The zero-order valence-electron chi connectivity index (χ0n) is 13.4. The van der Waals surface area contributed by atoms with Crippen LogP contribution in [-0.4, -0.2) is 17.6 Å². The first-order chi connectivity index (χ1) is 12.3. The molecule has 2 rings (SSSR count). The third kappa shape index (κ3) is 4.70. The van der Waals surface area contributed by atoms with Crippen molar-refractivity contribution in [1.29, 1.82) is 5.26 Å². The van der Waals surface area contributed by atoms with E-state index in [-0.39, 0.29) is 34.2 Å². The van der Waals surface area contributed by atoms with Crippen LogP contribution in [0.4, 0.5) is 14.5 Å². The van der Waals surface area contributed by atoms with Gasteiger partial charge in [0, 0.05) is 34.9 Å². The molecule has 0 fully saturated rings. The van der Waals surface area contributed by atoms with Crippen LogP contribution in [0.5, 0.6) is 0 Å². The zero-order chi connectivity index (χ0) is 19.3. The summed E-state index contributed by atoms with van der Waals surface area (Å²) in [6.45, 7) is -0.370. The normalized spacial score (nSPS) is 11.1. The number of alkyl halides is 2. The van der Waals surface area contributed by atoms with Gasteiger partial charge in [0.25, 0.3) is 11.8 Å². The number of aliphatic hydroxyl groups is 1. The Bertz CT molecular complexity index is 867. The number of amides is 1. The largest absolute Gasteiger partial charge is 0.396 e. The molecule has 4 nitrogen and oxygen atoms in total. The highest BCUT2D eigenvalue weighted by atomic mass is 35.5. The molecule has 0 bridgehead atoms. The molecule has 0 aliphatic carbocycles. The number of rotatable bonds is 6. The fraction of sp³-hybridized carbons (Fsp3) is 0.222. The number of aliphatic hydroxyl groups excluding tert-OH is 1. The van der Waals surface area contributed by atoms with Gasteiger partial charge in [0.1, 0.15) is 6.07 Å². The number of hydrogen-bond acceptors (Lipinski definition) is 3. The van der Waals surface area contributed by atoms with E-state index in [0.717, 1.165) is 6.07 Å². The standard InChI is InChI=1S/C18H14Cl2F2N2O2/c19-15-5-3-13(8-12(15)10-23)24-17(26)11-2-4-16(20)14(9-11)18(21,22)6-1-7-25/h2-5,8-9,25H,1,6-7H2,(H,24,26). The molecular weight excluding hydrogens is 385 g/mol. The maximum Gasteiger partial charge on any atom is 0.274 e. The van der Waals surface area contributed by atoms with Crippen molar-refractivity contribution < 1.29 is 18.7 Å². The molecule has 1 amide bonds. The van der Waals surface area contributed by atoms with Crippen molar-refractivity contribution in [3.63, 3.8) is 0 Å². The van der Waals surface area contributed by atoms with Gasteiger partial charge >= 0.3 is 0 Å². The van der Waals surface area contributed by atoms with Crippen molar-refractivity contribution in [3.05, 3.63) is 63.1 Å². The number of nitrogens with one attached hydrogen (secondary N) is 1. The summed E-state index contributed by atoms with van der Waals surface area (Å²) in [7, 11) is 0. The Morgan fingerprint density at radius 2 is 1.88 bits per heavy atom. The number of anilines is 1. The van der Waals surface area contributed by atoms with Gasteiger partial charge in [-0.1, -0.05) is 23.2 Å². The Balaban J connectivity index is 2.27. The van der Waals surface area contributed by atoms with Gasteiger partial charge in [0.05, 0.1) is 10.6 Å². The van der Waals surface area contributed by atoms with Crippen LogP contribution in [0.25, 0.3) is 0 Å². The van der Waals surface area contributed by atoms with E-state index in [9.17, 15) is 13.6 Å². The third-order valence-electron chi connectivity index (χ3n) is 3.62. The van der Waals surface area contributed by atoms with E-state index >= 15 is 0 Å². The van der Waals surface area contributed by atoms with Gasteiger partial charge in [-0.3, -0.25) is 4.79 Å². The third-order valence-corrected chi connectivity index (χ3v) is 4.28. The fourth-order valence-electron chi connectivity index (χ4n) is 2.27. The first kappa shape index (κ1) is 20.1. The molecule has 26 heavy (non-hydrogen) atoms. The Kier molecular flexibility index (Phi) is 6.54. The Morgan fingerprint density at radius 1 is 1.19 bits per heavy atom. The highest BCUT2D eigenvalue weighted by molar-refractivity contribution is 6.32. The maximum absolute atomic E-state index is 14.2. The molecule has 2 aromatic rings. The summed E-state index contributed by atoms with van der Waals surface area (Å²) >= 11 is 11.7. The minimum absolute atomic E-state index is 0.0125. The molecule has 0 saturated heterocycles. The average Bonchev–Trinajstić information content (AvgIpc) is 2.61. The Hall–Kier alpha value is -2.20. The molecule has 0 heterocycles. The van der Waals surface area contributed by atoms with Crippen LogP contribution in [0.1, 0.15) is 34.3 Å². The lowest BCUT2D eigenvalue weighted by Crippen LogP contribution is -2.17. The first-order valence-corrected chi connectivity index (χ1v) is 8.34. The topological polar surface area (TPSA) is 73.1 Å². The number of nitriles is 1. The Labute approximate surface area is 159 Å². The van der Waals surface area contributed by atoms with Crippen molar-refractivity contribution in [1.82, 2.24) is 0 Å². The molecule has 2 N–H and O–H groups in total. The van der Waals surface area contributed by atoms with Crippen LogP contribution in [-0.2, 0) is 5.92 Å². The van der Waals surface area contributed by atoms with Gasteiger partial charge in [-0.2, -0.15) is 5.26 Å². The average molecular weight is 399 g/mol. The number of carbonyl (C=O) groups excluding carboxylic acids is 1. The predicted octanol–water partition coefficient (Wildman–Crippen LogP) is 4.98. The van der Waals surface area contributed by atoms with Crippen molar-refractivity contribution >= 4 is 34.8 Å². The number of halogens is 4. The van der Waals surface area contributed by atoms with Crippen LogP contribution in [0.15, 0.2) is 36.4 Å². The molecule has 0 saturated carbocycles. The van der Waals surface area contributed by atoms with Gasteiger partial charge < -0.3 is 10.4 Å². The van der Waals surface area contributed by atoms with Crippen LogP contribution >= 0.6 is 23.2 Å². The molecule has 0 unspecified atom stereocenters. The molecule has 136 valence electrons. The second-order valence-electron chi connectivity index (χ2n) is 5.49. The van der Waals surface area contributed by atoms with E-state index in [1.54, 1.807) is 0 Å². The summed E-state index contributed by atoms with van der Waals surface area (Å²) in [5, 5.41) is 20.3. The summed E-state index contributed by atoms with van der Waals surface area (Å²) in [5.41, 5.74) is -0.00749. The van der Waals surface area contributed by atoms with Crippen LogP contribution in [0, 0.1) is 11.3 Å². The second-order valence-corrected chi connectivity index (χ2v) is 6.30. The smallest absolute Gasteiger partial charge is 0.274 e. The molecule has 8 heteroatoms. The summed E-state index contributed by atoms with van der Waals surface area (Å²) in [4.78, 5) is 12.3. The van der Waals surface area contributed by atoms with Gasteiger partial charge in [0.2, 0.25) is 0 Å². The molecule has 0 aromatic heterocycles. The fourth-order valence-corrected chi connectivity index (χ4v) is 2.69. The molecule has 0 radical (unpaired) electrons. The van der Waals surface area contributed by atoms with Gasteiger partial charge in [0.15, 0.2) is 0 Å². The molecule has 0 aliphatic heterocycles. The number of hydrogen-bond donors (Lipinski definition) is 2. The Morgan fingerprint density at radius 3 is 2.54 bits per heavy atom. The van der Waals surface area contributed by atoms with E-state index in [2.05, 4.69) is 5.32 Å². The quantitative estimate of drug-likeness (QED) is 0.720. The molecular formula is C18H14Cl2F2N2O2. The second kappa shape index (κ2) is 8.45.